The van der Waals surface area contributed by atoms with Crippen LogP contribution in [0.1, 0.15) is 19.5 Å². The van der Waals surface area contributed by atoms with Crippen LogP contribution in [0.25, 0.3) is 0 Å². The van der Waals surface area contributed by atoms with Crippen LogP contribution in [0.2, 0.25) is 0 Å². The van der Waals surface area contributed by atoms with Gasteiger partial charge >= 0.3 is 12.0 Å². The Kier molecular flexibility index (Phi) is 4.73. The average molecular weight is 297 g/mol. The molecular weight excluding hydrogens is 278 g/mol. The average Bonchev–Trinajstić information content (AvgIpc) is 2.81. The number of ether oxygens (including phenoxy) is 1. The Balaban J connectivity index is 1.83. The molecule has 0 radical (unpaired) electrons. The van der Waals surface area contributed by atoms with E-state index in [4.69, 9.17) is 9.84 Å². The molecule has 21 heavy (non-hydrogen) atoms. The fraction of sp³-hybridized carbons (Fsp3) is 0.667. The van der Waals surface area contributed by atoms with Gasteiger partial charge in [0.05, 0.1) is 24.9 Å². The first-order valence-corrected chi connectivity index (χ1v) is 6.73. The number of nitrogens with zero attached hydrogens (tertiary/aromatic N) is 4. The minimum Gasteiger partial charge on any atom is -0.480 e. The number of carboxylic acids is 1. The second kappa shape index (κ2) is 6.53. The van der Waals surface area contributed by atoms with Crippen LogP contribution in [-0.4, -0.2) is 62.3 Å². The Morgan fingerprint density at radius 1 is 1.43 bits per heavy atom. The number of carboxylic acid groups (broad SMARTS) is 1. The van der Waals surface area contributed by atoms with Gasteiger partial charge in [0.2, 0.25) is 0 Å². The van der Waals surface area contributed by atoms with Gasteiger partial charge in [0.1, 0.15) is 12.2 Å². The summed E-state index contributed by atoms with van der Waals surface area (Å²) in [4.78, 5) is 24.3. The van der Waals surface area contributed by atoms with Gasteiger partial charge in [-0.1, -0.05) is 5.21 Å². The monoisotopic (exact) mass is 297 g/mol. The zero-order valence-electron chi connectivity index (χ0n) is 12.0. The van der Waals surface area contributed by atoms with Gasteiger partial charge in [-0.15, -0.1) is 5.10 Å². The second-order valence-corrected chi connectivity index (χ2v) is 5.12. The fourth-order valence-corrected chi connectivity index (χ4v) is 2.26. The third kappa shape index (κ3) is 4.42. The van der Waals surface area contributed by atoms with E-state index in [0.717, 1.165) is 0 Å². The highest BCUT2D eigenvalue weighted by Gasteiger charge is 2.25. The van der Waals surface area contributed by atoms with E-state index in [9.17, 15) is 9.59 Å². The molecule has 0 bridgehead atoms. The molecule has 0 unspecified atom stereocenters. The highest BCUT2D eigenvalue weighted by atomic mass is 16.5. The molecule has 9 heteroatoms. The van der Waals surface area contributed by atoms with Crippen molar-refractivity contribution in [3.63, 3.8) is 0 Å². The molecule has 2 atom stereocenters. The Labute approximate surface area is 121 Å². The smallest absolute Gasteiger partial charge is 0.325 e. The normalized spacial score (nSPS) is 22.1. The molecule has 2 rings (SSSR count). The molecule has 1 fully saturated rings. The highest BCUT2D eigenvalue weighted by Crippen LogP contribution is 2.10. The second-order valence-electron chi connectivity index (χ2n) is 5.12. The summed E-state index contributed by atoms with van der Waals surface area (Å²) in [5.41, 5.74) is 0.513. The molecule has 1 aliphatic rings. The van der Waals surface area contributed by atoms with Gasteiger partial charge in [0, 0.05) is 13.1 Å². The maximum absolute atomic E-state index is 12.1. The molecule has 1 saturated heterocycles. The minimum atomic E-state index is -0.994. The first-order chi connectivity index (χ1) is 9.94. The van der Waals surface area contributed by atoms with Crippen molar-refractivity contribution >= 4 is 12.0 Å². The van der Waals surface area contributed by atoms with Gasteiger partial charge in [-0.2, -0.15) is 0 Å². The number of amides is 2. The predicted molar refractivity (Wildman–Crippen MR) is 71.5 cm³/mol. The molecule has 2 N–H and O–H groups in total. The van der Waals surface area contributed by atoms with Gasteiger partial charge in [-0.05, 0) is 13.8 Å². The third-order valence-electron chi connectivity index (χ3n) is 3.01. The first kappa shape index (κ1) is 15.2. The van der Waals surface area contributed by atoms with Gasteiger partial charge in [0.25, 0.3) is 0 Å². The van der Waals surface area contributed by atoms with Crippen LogP contribution in [0.15, 0.2) is 6.20 Å². The van der Waals surface area contributed by atoms with E-state index in [1.807, 2.05) is 13.8 Å². The summed E-state index contributed by atoms with van der Waals surface area (Å²) < 4.78 is 6.78. The largest absolute Gasteiger partial charge is 0.480 e. The van der Waals surface area contributed by atoms with Gasteiger partial charge in [-0.25, -0.2) is 9.48 Å². The lowest BCUT2D eigenvalue weighted by molar-refractivity contribution is -0.137. The first-order valence-electron chi connectivity index (χ1n) is 6.73. The van der Waals surface area contributed by atoms with Crippen LogP contribution < -0.4 is 5.32 Å². The van der Waals surface area contributed by atoms with Gasteiger partial charge < -0.3 is 20.1 Å². The van der Waals surface area contributed by atoms with E-state index in [-0.39, 0.29) is 31.3 Å². The van der Waals surface area contributed by atoms with E-state index < -0.39 is 5.97 Å². The number of aliphatic carboxylic acids is 1. The molecule has 0 aliphatic carbocycles. The van der Waals surface area contributed by atoms with Crippen molar-refractivity contribution < 1.29 is 19.4 Å². The molecule has 1 aromatic heterocycles. The van der Waals surface area contributed by atoms with Crippen LogP contribution in [-0.2, 0) is 22.6 Å². The molecule has 9 nitrogen and oxygen atoms in total. The standard InChI is InChI=1S/C12H19N5O4/c1-8-4-16(5-9(2)21-8)12(20)13-3-10-6-17(15-14-10)7-11(18)19/h6,8-9H,3-5,7H2,1-2H3,(H,13,20)(H,18,19)/t8-,9+. The quantitative estimate of drug-likeness (QED) is 0.788. The molecule has 2 heterocycles. The highest BCUT2D eigenvalue weighted by molar-refractivity contribution is 5.74. The summed E-state index contributed by atoms with van der Waals surface area (Å²) in [7, 11) is 0. The summed E-state index contributed by atoms with van der Waals surface area (Å²) in [6.45, 7) is 4.89. The Bertz CT molecular complexity index is 508. The fourth-order valence-electron chi connectivity index (χ4n) is 2.26. The summed E-state index contributed by atoms with van der Waals surface area (Å²) in [6.07, 6.45) is 1.52. The molecular formula is C12H19N5O4. The van der Waals surface area contributed by atoms with Crippen molar-refractivity contribution in [1.82, 2.24) is 25.2 Å². The Hall–Kier alpha value is -2.16. The Morgan fingerprint density at radius 3 is 2.71 bits per heavy atom. The van der Waals surface area contributed by atoms with Crippen LogP contribution >= 0.6 is 0 Å². The van der Waals surface area contributed by atoms with Crippen molar-refractivity contribution in [3.8, 4) is 0 Å². The zero-order valence-corrected chi connectivity index (χ0v) is 12.0. The molecule has 116 valence electrons. The van der Waals surface area contributed by atoms with Crippen LogP contribution in [0.4, 0.5) is 4.79 Å². The topological polar surface area (TPSA) is 110 Å². The summed E-state index contributed by atoms with van der Waals surface area (Å²) in [5, 5.41) is 18.9. The van der Waals surface area contributed by atoms with Crippen molar-refractivity contribution in [2.45, 2.75) is 39.1 Å². The zero-order chi connectivity index (χ0) is 15.4. The molecule has 0 spiro atoms. The summed E-state index contributed by atoms with van der Waals surface area (Å²) in [6, 6.07) is -0.190. The number of rotatable bonds is 4. The summed E-state index contributed by atoms with van der Waals surface area (Å²) in [5.74, 6) is -0.994. The Morgan fingerprint density at radius 2 is 2.10 bits per heavy atom. The van der Waals surface area contributed by atoms with E-state index >= 15 is 0 Å². The van der Waals surface area contributed by atoms with Gasteiger partial charge in [-0.3, -0.25) is 4.79 Å². The number of nitrogens with one attached hydrogen (secondary N) is 1. The van der Waals surface area contributed by atoms with Crippen molar-refractivity contribution in [2.24, 2.45) is 0 Å². The summed E-state index contributed by atoms with van der Waals surface area (Å²) >= 11 is 0. The number of carbonyl (C=O) groups is 2. The lowest BCUT2D eigenvalue weighted by Crippen LogP contribution is -2.51. The molecule has 2 amide bonds. The van der Waals surface area contributed by atoms with Crippen molar-refractivity contribution in [1.29, 1.82) is 0 Å². The van der Waals surface area contributed by atoms with Crippen molar-refractivity contribution in [2.75, 3.05) is 13.1 Å². The van der Waals surface area contributed by atoms with E-state index in [1.165, 1.54) is 10.9 Å². The number of hydrogen-bond donors (Lipinski definition) is 2. The maximum atomic E-state index is 12.1. The number of aromatic nitrogens is 3. The number of hydrogen-bond acceptors (Lipinski definition) is 5. The van der Waals surface area contributed by atoms with Crippen LogP contribution in [0.5, 0.6) is 0 Å². The SMILES string of the molecule is C[C@@H]1CN(C(=O)NCc2cn(CC(=O)O)nn2)C[C@H](C)O1. The number of morpholine rings is 1. The number of urea groups is 1. The molecule has 1 aliphatic heterocycles. The molecule has 1 aromatic rings. The van der Waals surface area contributed by atoms with Crippen LogP contribution in [0, 0.1) is 0 Å². The van der Waals surface area contributed by atoms with E-state index in [1.54, 1.807) is 4.90 Å². The number of carbonyl (C=O) groups excluding carboxylic acids is 1. The van der Waals surface area contributed by atoms with Gasteiger partial charge in [0.15, 0.2) is 0 Å². The third-order valence-corrected chi connectivity index (χ3v) is 3.01. The molecule has 0 saturated carbocycles. The minimum absolute atomic E-state index is 0.0101. The lowest BCUT2D eigenvalue weighted by atomic mass is 10.2. The van der Waals surface area contributed by atoms with E-state index in [0.29, 0.717) is 18.8 Å². The lowest BCUT2D eigenvalue weighted by Gasteiger charge is -2.35. The van der Waals surface area contributed by atoms with Crippen LogP contribution in [0.3, 0.4) is 0 Å². The predicted octanol–water partition coefficient (Wildman–Crippen LogP) is -0.318. The van der Waals surface area contributed by atoms with E-state index in [2.05, 4.69) is 15.6 Å². The molecule has 0 aromatic carbocycles. The maximum Gasteiger partial charge on any atom is 0.325 e. The van der Waals surface area contributed by atoms with Crippen molar-refractivity contribution in [3.05, 3.63) is 11.9 Å².